The fourth-order valence-corrected chi connectivity index (χ4v) is 4.25. The van der Waals surface area contributed by atoms with E-state index in [4.69, 9.17) is 0 Å². The van der Waals surface area contributed by atoms with E-state index in [0.717, 1.165) is 38.6 Å². The average Bonchev–Trinajstić information content (AvgIpc) is 3.39. The van der Waals surface area contributed by atoms with Crippen LogP contribution in [0.5, 0.6) is 0 Å². The molecule has 30 heavy (non-hydrogen) atoms. The normalized spacial score (nSPS) is 11.2. The lowest BCUT2D eigenvalue weighted by Crippen LogP contribution is -2.24. The number of para-hydroxylation sites is 4. The molecule has 1 amide bonds. The van der Waals surface area contributed by atoms with Crippen molar-refractivity contribution in [3.63, 3.8) is 0 Å². The van der Waals surface area contributed by atoms with Gasteiger partial charge >= 0.3 is 0 Å². The molecule has 0 fully saturated rings. The molecule has 0 radical (unpaired) electrons. The van der Waals surface area contributed by atoms with Gasteiger partial charge in [-0.3, -0.25) is 4.79 Å². The van der Waals surface area contributed by atoms with Gasteiger partial charge in [0, 0.05) is 11.3 Å². The van der Waals surface area contributed by atoms with Crippen LogP contribution in [0.3, 0.4) is 0 Å². The number of aromatic nitrogens is 4. The highest BCUT2D eigenvalue weighted by Crippen LogP contribution is 2.24. The van der Waals surface area contributed by atoms with Crippen LogP contribution in [0.25, 0.3) is 22.1 Å². The first-order valence-corrected chi connectivity index (χ1v) is 10.6. The summed E-state index contributed by atoms with van der Waals surface area (Å²) in [5.74, 6) is 1.27. The van der Waals surface area contributed by atoms with Crippen LogP contribution in [-0.2, 0) is 12.3 Å². The third-order valence-electron chi connectivity index (χ3n) is 4.85. The van der Waals surface area contributed by atoms with Crippen LogP contribution in [0, 0.1) is 0 Å². The van der Waals surface area contributed by atoms with E-state index < -0.39 is 0 Å². The third-order valence-corrected chi connectivity index (χ3v) is 5.77. The highest BCUT2D eigenvalue weighted by atomic mass is 32.2. The Balaban J connectivity index is 1.27. The van der Waals surface area contributed by atoms with Crippen molar-refractivity contribution in [1.82, 2.24) is 25.3 Å². The fourth-order valence-electron chi connectivity index (χ4n) is 3.36. The number of H-pyrrole nitrogens is 2. The van der Waals surface area contributed by atoms with E-state index >= 15 is 0 Å². The van der Waals surface area contributed by atoms with Crippen molar-refractivity contribution >= 4 is 39.7 Å². The van der Waals surface area contributed by atoms with E-state index in [9.17, 15) is 4.79 Å². The second-order valence-electron chi connectivity index (χ2n) is 6.89. The zero-order valence-electron chi connectivity index (χ0n) is 16.1. The summed E-state index contributed by atoms with van der Waals surface area (Å²) in [5.41, 5.74) is 5.43. The molecule has 0 saturated carbocycles. The molecule has 0 aliphatic carbocycles. The van der Waals surface area contributed by atoms with Gasteiger partial charge in [0.25, 0.3) is 5.91 Å². The van der Waals surface area contributed by atoms with E-state index in [1.54, 1.807) is 11.8 Å². The number of thioether (sulfide) groups is 1. The number of benzene rings is 3. The van der Waals surface area contributed by atoms with Gasteiger partial charge in [0.15, 0.2) is 5.16 Å². The lowest BCUT2D eigenvalue weighted by molar-refractivity contribution is 0.0949. The van der Waals surface area contributed by atoms with Crippen LogP contribution in [0.15, 0.2) is 78.0 Å². The second-order valence-corrected chi connectivity index (χ2v) is 7.85. The van der Waals surface area contributed by atoms with Crippen molar-refractivity contribution in [1.29, 1.82) is 0 Å². The van der Waals surface area contributed by atoms with E-state index in [1.807, 2.05) is 72.8 Å². The number of nitrogens with one attached hydrogen (secondary N) is 3. The van der Waals surface area contributed by atoms with E-state index in [-0.39, 0.29) is 5.91 Å². The maximum absolute atomic E-state index is 12.8. The summed E-state index contributed by atoms with van der Waals surface area (Å²) in [7, 11) is 0. The van der Waals surface area contributed by atoms with Gasteiger partial charge in [0.05, 0.1) is 28.6 Å². The predicted octanol–water partition coefficient (Wildman–Crippen LogP) is 4.66. The van der Waals surface area contributed by atoms with Crippen LogP contribution >= 0.6 is 11.8 Å². The van der Waals surface area contributed by atoms with Crippen molar-refractivity contribution in [3.8, 4) is 0 Å². The Morgan fingerprint density at radius 3 is 2.27 bits per heavy atom. The average molecular weight is 414 g/mol. The SMILES string of the molecule is O=C(NCc1nc2ccccc2[nH]1)c1ccccc1CSc1nc2ccccc2[nH]1. The summed E-state index contributed by atoms with van der Waals surface area (Å²) in [5, 5.41) is 3.81. The molecule has 3 aromatic carbocycles. The molecule has 7 heteroatoms. The molecule has 2 heterocycles. The first kappa shape index (κ1) is 18.4. The number of carbonyl (C=O) groups is 1. The van der Waals surface area contributed by atoms with E-state index in [1.165, 1.54) is 0 Å². The zero-order chi connectivity index (χ0) is 20.3. The predicted molar refractivity (Wildman–Crippen MR) is 119 cm³/mol. The monoisotopic (exact) mass is 413 g/mol. The van der Waals surface area contributed by atoms with E-state index in [0.29, 0.717) is 17.9 Å². The molecule has 0 aliphatic rings. The molecule has 6 nitrogen and oxygen atoms in total. The molecular formula is C23H19N5OS. The summed E-state index contributed by atoms with van der Waals surface area (Å²) >= 11 is 1.58. The fraction of sp³-hybridized carbons (Fsp3) is 0.0870. The number of fused-ring (bicyclic) bond motifs is 2. The molecule has 0 bridgehead atoms. The summed E-state index contributed by atoms with van der Waals surface area (Å²) < 4.78 is 0. The number of hydrogen-bond donors (Lipinski definition) is 3. The number of imidazole rings is 2. The molecule has 0 aliphatic heterocycles. The minimum atomic E-state index is -0.115. The van der Waals surface area contributed by atoms with Crippen LogP contribution in [0.4, 0.5) is 0 Å². The minimum absolute atomic E-state index is 0.115. The molecule has 5 aromatic rings. The molecule has 0 saturated heterocycles. The Morgan fingerprint density at radius 2 is 1.50 bits per heavy atom. The second kappa shape index (κ2) is 8.04. The highest BCUT2D eigenvalue weighted by Gasteiger charge is 2.13. The van der Waals surface area contributed by atoms with Gasteiger partial charge in [-0.1, -0.05) is 54.2 Å². The maximum atomic E-state index is 12.8. The highest BCUT2D eigenvalue weighted by molar-refractivity contribution is 7.98. The lowest BCUT2D eigenvalue weighted by atomic mass is 10.1. The number of nitrogens with zero attached hydrogens (tertiary/aromatic N) is 2. The van der Waals surface area contributed by atoms with Crippen molar-refractivity contribution in [2.24, 2.45) is 0 Å². The van der Waals surface area contributed by atoms with Gasteiger partial charge in [-0.2, -0.15) is 0 Å². The topological polar surface area (TPSA) is 86.5 Å². The maximum Gasteiger partial charge on any atom is 0.251 e. The number of carbonyl (C=O) groups excluding carboxylic acids is 1. The largest absolute Gasteiger partial charge is 0.345 e. The molecule has 0 spiro atoms. The van der Waals surface area contributed by atoms with Crippen molar-refractivity contribution in [3.05, 3.63) is 89.7 Å². The smallest absolute Gasteiger partial charge is 0.251 e. The Bertz CT molecular complexity index is 1270. The van der Waals surface area contributed by atoms with E-state index in [2.05, 4.69) is 25.3 Å². The summed E-state index contributed by atoms with van der Waals surface area (Å²) in [4.78, 5) is 28.5. The molecular weight excluding hydrogens is 394 g/mol. The molecule has 0 atom stereocenters. The first-order chi connectivity index (χ1) is 14.8. The summed E-state index contributed by atoms with van der Waals surface area (Å²) in [6.07, 6.45) is 0. The molecule has 3 N–H and O–H groups in total. The Morgan fingerprint density at radius 1 is 0.833 bits per heavy atom. The molecule has 148 valence electrons. The van der Waals surface area contributed by atoms with Crippen molar-refractivity contribution < 1.29 is 4.79 Å². The Labute approximate surface area is 177 Å². The van der Waals surface area contributed by atoms with Crippen LogP contribution in [0.2, 0.25) is 0 Å². The van der Waals surface area contributed by atoms with Gasteiger partial charge in [0.2, 0.25) is 0 Å². The molecule has 0 unspecified atom stereocenters. The van der Waals surface area contributed by atoms with Crippen LogP contribution in [0.1, 0.15) is 21.7 Å². The standard InChI is InChI=1S/C23H19N5OS/c29-22(24-13-21-25-17-9-3-4-10-18(17)26-21)16-8-2-1-7-15(16)14-30-23-27-19-11-5-6-12-20(19)28-23/h1-12H,13-14H2,(H,24,29)(H,25,26)(H,27,28). The number of aromatic amines is 2. The third kappa shape index (κ3) is 3.79. The Kier molecular flexibility index (Phi) is 4.94. The van der Waals surface area contributed by atoms with Crippen molar-refractivity contribution in [2.75, 3.05) is 0 Å². The van der Waals surface area contributed by atoms with Gasteiger partial charge in [0.1, 0.15) is 5.82 Å². The Hall–Kier alpha value is -3.58. The zero-order valence-corrected chi connectivity index (χ0v) is 16.9. The number of rotatable bonds is 6. The quantitative estimate of drug-likeness (QED) is 0.353. The van der Waals surface area contributed by atoms with Gasteiger partial charge in [-0.05, 0) is 35.9 Å². The van der Waals surface area contributed by atoms with Gasteiger partial charge in [-0.15, -0.1) is 0 Å². The first-order valence-electron chi connectivity index (χ1n) is 9.63. The lowest BCUT2D eigenvalue weighted by Gasteiger charge is -2.09. The molecule has 5 rings (SSSR count). The van der Waals surface area contributed by atoms with Gasteiger partial charge in [-0.25, -0.2) is 9.97 Å². The van der Waals surface area contributed by atoms with Gasteiger partial charge < -0.3 is 15.3 Å². The van der Waals surface area contributed by atoms with Crippen LogP contribution < -0.4 is 5.32 Å². The summed E-state index contributed by atoms with van der Waals surface area (Å²) in [6, 6.07) is 23.4. The number of amides is 1. The summed E-state index contributed by atoms with van der Waals surface area (Å²) in [6.45, 7) is 0.346. The molecule has 2 aromatic heterocycles. The number of hydrogen-bond acceptors (Lipinski definition) is 4. The van der Waals surface area contributed by atoms with Crippen molar-refractivity contribution in [2.45, 2.75) is 17.5 Å². The van der Waals surface area contributed by atoms with Crippen LogP contribution in [-0.4, -0.2) is 25.8 Å². The minimum Gasteiger partial charge on any atom is -0.345 e.